The SMILES string of the molecule is CCOC=C(C(=O)OCC)C(OCC)OCC. The molecule has 0 N–H and O–H groups in total. The number of esters is 1. The molecule has 0 atom stereocenters. The molecule has 17 heavy (non-hydrogen) atoms. The van der Waals surface area contributed by atoms with Crippen molar-refractivity contribution in [2.45, 2.75) is 34.0 Å². The molecule has 0 heterocycles. The summed E-state index contributed by atoms with van der Waals surface area (Å²) < 4.78 is 20.7. The molecule has 0 aliphatic heterocycles. The molecule has 0 aromatic rings. The summed E-state index contributed by atoms with van der Waals surface area (Å²) in [6.07, 6.45) is 0.601. The number of hydrogen-bond donors (Lipinski definition) is 0. The number of carbonyl (C=O) groups excluding carboxylic acids is 1. The molecule has 0 radical (unpaired) electrons. The van der Waals surface area contributed by atoms with Crippen molar-refractivity contribution in [1.29, 1.82) is 0 Å². The Kier molecular flexibility index (Phi) is 9.47. The van der Waals surface area contributed by atoms with E-state index in [-0.39, 0.29) is 5.57 Å². The van der Waals surface area contributed by atoms with Crippen molar-refractivity contribution < 1.29 is 23.7 Å². The Morgan fingerprint density at radius 2 is 1.59 bits per heavy atom. The van der Waals surface area contributed by atoms with Gasteiger partial charge in [0, 0.05) is 13.2 Å². The van der Waals surface area contributed by atoms with E-state index >= 15 is 0 Å². The lowest BCUT2D eigenvalue weighted by atomic mass is 10.3. The fraction of sp³-hybridized carbons (Fsp3) is 0.750. The molecule has 0 aromatic carbocycles. The molecule has 5 heteroatoms. The van der Waals surface area contributed by atoms with Gasteiger partial charge in [-0.25, -0.2) is 4.79 Å². The third-order valence-electron chi connectivity index (χ3n) is 1.78. The van der Waals surface area contributed by atoms with Crippen molar-refractivity contribution in [2.24, 2.45) is 0 Å². The van der Waals surface area contributed by atoms with Crippen LogP contribution in [0.15, 0.2) is 11.8 Å². The van der Waals surface area contributed by atoms with Gasteiger partial charge >= 0.3 is 5.97 Å². The van der Waals surface area contributed by atoms with Crippen LogP contribution in [0.25, 0.3) is 0 Å². The topological polar surface area (TPSA) is 54.0 Å². The van der Waals surface area contributed by atoms with Crippen LogP contribution in [0.3, 0.4) is 0 Å². The van der Waals surface area contributed by atoms with Crippen LogP contribution in [0.4, 0.5) is 0 Å². The quantitative estimate of drug-likeness (QED) is 0.269. The molecule has 0 aliphatic carbocycles. The van der Waals surface area contributed by atoms with Crippen LogP contribution >= 0.6 is 0 Å². The summed E-state index contributed by atoms with van der Waals surface area (Å²) in [5.41, 5.74) is 0.248. The standard InChI is InChI=1S/C12H22O5/c1-5-14-9-10(11(13)15-6-2)12(16-7-3)17-8-4/h9,12H,5-8H2,1-4H3. The first kappa shape index (κ1) is 15.9. The van der Waals surface area contributed by atoms with Gasteiger partial charge in [-0.2, -0.15) is 0 Å². The predicted octanol–water partition coefficient (Wildman–Crippen LogP) is 1.87. The molecule has 0 aliphatic rings. The van der Waals surface area contributed by atoms with E-state index in [0.29, 0.717) is 26.4 Å². The highest BCUT2D eigenvalue weighted by molar-refractivity contribution is 5.88. The number of ether oxygens (including phenoxy) is 4. The Hall–Kier alpha value is -1.07. The van der Waals surface area contributed by atoms with Crippen molar-refractivity contribution in [2.75, 3.05) is 26.4 Å². The van der Waals surface area contributed by atoms with Crippen LogP contribution in [-0.4, -0.2) is 38.7 Å². The van der Waals surface area contributed by atoms with Crippen LogP contribution in [0.1, 0.15) is 27.7 Å². The normalized spacial score (nSPS) is 11.7. The fourth-order valence-electron chi connectivity index (χ4n) is 1.12. The average Bonchev–Trinajstić information content (AvgIpc) is 2.30. The van der Waals surface area contributed by atoms with E-state index in [1.807, 2.05) is 20.8 Å². The Balaban J connectivity index is 4.77. The summed E-state index contributed by atoms with van der Waals surface area (Å²) in [6, 6.07) is 0. The predicted molar refractivity (Wildman–Crippen MR) is 63.4 cm³/mol. The van der Waals surface area contributed by atoms with Crippen molar-refractivity contribution in [3.63, 3.8) is 0 Å². The second-order valence-electron chi connectivity index (χ2n) is 2.99. The Bertz CT molecular complexity index is 231. The number of rotatable bonds is 9. The van der Waals surface area contributed by atoms with Gasteiger partial charge in [-0.05, 0) is 27.7 Å². The molecule has 0 saturated carbocycles. The Morgan fingerprint density at radius 1 is 1.00 bits per heavy atom. The van der Waals surface area contributed by atoms with E-state index in [0.717, 1.165) is 0 Å². The number of hydrogen-bond acceptors (Lipinski definition) is 5. The lowest BCUT2D eigenvalue weighted by Gasteiger charge is -2.18. The molecule has 0 rings (SSSR count). The van der Waals surface area contributed by atoms with Gasteiger partial charge in [-0.15, -0.1) is 0 Å². The van der Waals surface area contributed by atoms with Gasteiger partial charge in [0.25, 0.3) is 0 Å². The van der Waals surface area contributed by atoms with E-state index in [2.05, 4.69) is 0 Å². The van der Waals surface area contributed by atoms with Gasteiger partial charge in [0.05, 0.1) is 19.5 Å². The van der Waals surface area contributed by atoms with E-state index in [9.17, 15) is 4.79 Å². The minimum absolute atomic E-state index is 0.248. The van der Waals surface area contributed by atoms with Crippen LogP contribution in [0.2, 0.25) is 0 Å². The molecule has 0 fully saturated rings. The summed E-state index contributed by atoms with van der Waals surface area (Å²) in [7, 11) is 0. The van der Waals surface area contributed by atoms with Crippen LogP contribution in [-0.2, 0) is 23.7 Å². The molecule has 0 spiro atoms. The van der Waals surface area contributed by atoms with Gasteiger partial charge in [0.2, 0.25) is 0 Å². The molecule has 0 amide bonds. The second-order valence-corrected chi connectivity index (χ2v) is 2.99. The monoisotopic (exact) mass is 246 g/mol. The van der Waals surface area contributed by atoms with Gasteiger partial charge < -0.3 is 18.9 Å². The van der Waals surface area contributed by atoms with Gasteiger partial charge in [0.1, 0.15) is 5.57 Å². The third kappa shape index (κ3) is 6.28. The third-order valence-corrected chi connectivity index (χ3v) is 1.78. The molecule has 0 bridgehead atoms. The maximum atomic E-state index is 11.7. The van der Waals surface area contributed by atoms with E-state index in [1.54, 1.807) is 6.92 Å². The van der Waals surface area contributed by atoms with Crippen LogP contribution < -0.4 is 0 Å². The summed E-state index contributed by atoms with van der Waals surface area (Å²) in [4.78, 5) is 11.7. The van der Waals surface area contributed by atoms with Crippen molar-refractivity contribution >= 4 is 5.97 Å². The maximum absolute atomic E-state index is 11.7. The van der Waals surface area contributed by atoms with Gasteiger partial charge in [-0.1, -0.05) is 0 Å². The van der Waals surface area contributed by atoms with Crippen molar-refractivity contribution in [3.8, 4) is 0 Å². The van der Waals surface area contributed by atoms with E-state index < -0.39 is 12.3 Å². The van der Waals surface area contributed by atoms with Gasteiger partial charge in [0.15, 0.2) is 6.29 Å². The fourth-order valence-corrected chi connectivity index (χ4v) is 1.12. The van der Waals surface area contributed by atoms with Crippen LogP contribution in [0, 0.1) is 0 Å². The second kappa shape index (κ2) is 10.1. The summed E-state index contributed by atoms with van der Waals surface area (Å²) in [5.74, 6) is -0.479. The first-order valence-corrected chi connectivity index (χ1v) is 5.93. The van der Waals surface area contributed by atoms with E-state index in [1.165, 1.54) is 6.26 Å². The molecule has 100 valence electrons. The first-order chi connectivity index (χ1) is 8.21. The van der Waals surface area contributed by atoms with Gasteiger partial charge in [-0.3, -0.25) is 0 Å². The zero-order valence-electron chi connectivity index (χ0n) is 11.0. The average molecular weight is 246 g/mol. The largest absolute Gasteiger partial charge is 0.501 e. The smallest absolute Gasteiger partial charge is 0.342 e. The number of carbonyl (C=O) groups is 1. The highest BCUT2D eigenvalue weighted by atomic mass is 16.7. The zero-order valence-corrected chi connectivity index (χ0v) is 11.0. The molecule has 5 nitrogen and oxygen atoms in total. The molecule has 0 aromatic heterocycles. The zero-order chi connectivity index (χ0) is 13.1. The van der Waals surface area contributed by atoms with E-state index in [4.69, 9.17) is 18.9 Å². The maximum Gasteiger partial charge on any atom is 0.342 e. The molecule has 0 saturated heterocycles. The highest BCUT2D eigenvalue weighted by Gasteiger charge is 2.23. The first-order valence-electron chi connectivity index (χ1n) is 5.93. The lowest BCUT2D eigenvalue weighted by molar-refractivity contribution is -0.151. The van der Waals surface area contributed by atoms with Crippen molar-refractivity contribution in [1.82, 2.24) is 0 Å². The molecular weight excluding hydrogens is 224 g/mol. The summed E-state index contributed by atoms with van der Waals surface area (Å²) in [5, 5.41) is 0. The molecule has 0 unspecified atom stereocenters. The minimum atomic E-state index is -0.740. The van der Waals surface area contributed by atoms with Crippen LogP contribution in [0.5, 0.6) is 0 Å². The Morgan fingerprint density at radius 3 is 2.00 bits per heavy atom. The lowest BCUT2D eigenvalue weighted by Crippen LogP contribution is -2.26. The summed E-state index contributed by atoms with van der Waals surface area (Å²) in [6.45, 7) is 8.87. The molecular formula is C12H22O5. The minimum Gasteiger partial charge on any atom is -0.501 e. The Labute approximate surface area is 103 Å². The highest BCUT2D eigenvalue weighted by Crippen LogP contribution is 2.11. The summed E-state index contributed by atoms with van der Waals surface area (Å²) >= 11 is 0. The van der Waals surface area contributed by atoms with Crippen molar-refractivity contribution in [3.05, 3.63) is 11.8 Å².